The van der Waals surface area contributed by atoms with Gasteiger partial charge in [0.1, 0.15) is 0 Å². The Bertz CT molecular complexity index is 674. The van der Waals surface area contributed by atoms with E-state index in [2.05, 4.69) is 15.6 Å². The van der Waals surface area contributed by atoms with E-state index in [-0.39, 0.29) is 18.0 Å². The summed E-state index contributed by atoms with van der Waals surface area (Å²) in [5.74, 6) is -0.0472. The second kappa shape index (κ2) is 5.60. The maximum absolute atomic E-state index is 11.9. The summed E-state index contributed by atoms with van der Waals surface area (Å²) in [6, 6.07) is 7.50. The molecule has 0 aliphatic carbocycles. The summed E-state index contributed by atoms with van der Waals surface area (Å²) in [6.07, 6.45) is 0. The number of nitrogen functional groups attached to an aromatic ring is 1. The second-order valence-electron chi connectivity index (χ2n) is 6.24. The molecule has 0 saturated carbocycles. The maximum atomic E-state index is 11.9. The van der Waals surface area contributed by atoms with E-state index < -0.39 is 0 Å². The molecule has 0 fully saturated rings. The van der Waals surface area contributed by atoms with Crippen LogP contribution in [0.4, 0.5) is 11.4 Å². The molecule has 2 aromatic rings. The summed E-state index contributed by atoms with van der Waals surface area (Å²) in [6.45, 7) is 8.01. The average Bonchev–Trinajstić information content (AvgIpc) is 2.34. The van der Waals surface area contributed by atoms with Gasteiger partial charge in [0.15, 0.2) is 0 Å². The zero-order valence-electron chi connectivity index (χ0n) is 12.9. The molecule has 1 aromatic heterocycles. The quantitative estimate of drug-likeness (QED) is 0.757. The molecule has 0 aliphatic rings. The van der Waals surface area contributed by atoms with Crippen molar-refractivity contribution < 1.29 is 4.79 Å². The molecule has 0 unspecified atom stereocenters. The third kappa shape index (κ3) is 4.08. The topological polar surface area (TPSA) is 80.0 Å². The van der Waals surface area contributed by atoms with Crippen molar-refractivity contribution in [2.24, 2.45) is 0 Å². The van der Waals surface area contributed by atoms with Crippen molar-refractivity contribution in [1.29, 1.82) is 0 Å². The highest BCUT2D eigenvalue weighted by Crippen LogP contribution is 2.25. The summed E-state index contributed by atoms with van der Waals surface area (Å²) in [7, 11) is 0. The van der Waals surface area contributed by atoms with Crippen LogP contribution < -0.4 is 16.4 Å². The lowest BCUT2D eigenvalue weighted by atomic mass is 10.1. The van der Waals surface area contributed by atoms with Crippen molar-refractivity contribution in [3.8, 4) is 0 Å². The molecule has 112 valence electrons. The highest BCUT2D eigenvalue weighted by molar-refractivity contribution is 5.95. The van der Waals surface area contributed by atoms with Gasteiger partial charge in [-0.15, -0.1) is 0 Å². The van der Waals surface area contributed by atoms with Gasteiger partial charge >= 0.3 is 0 Å². The summed E-state index contributed by atoms with van der Waals surface area (Å²) in [5.41, 5.74) is 8.90. The lowest BCUT2D eigenvalue weighted by molar-refractivity contribution is -0.120. The molecule has 0 spiro atoms. The highest BCUT2D eigenvalue weighted by Gasteiger charge is 2.13. The standard InChI is InChI=1S/C16H22N4O/c1-10-7-14(18-9-15(21)20-16(2,3)4)12-8-11(17)5-6-13(12)19-10/h5-8H,9,17H2,1-4H3,(H,18,19)(H,20,21). The lowest BCUT2D eigenvalue weighted by Gasteiger charge is -2.21. The van der Waals surface area contributed by atoms with Gasteiger partial charge in [0.2, 0.25) is 5.91 Å². The second-order valence-corrected chi connectivity index (χ2v) is 6.24. The number of amides is 1. The molecule has 0 bridgehead atoms. The van der Waals surface area contributed by atoms with Gasteiger partial charge in [0.25, 0.3) is 0 Å². The molecule has 4 N–H and O–H groups in total. The van der Waals surface area contributed by atoms with Gasteiger partial charge in [0, 0.05) is 28.0 Å². The SMILES string of the molecule is Cc1cc(NCC(=O)NC(C)(C)C)c2cc(N)ccc2n1. The number of carbonyl (C=O) groups is 1. The molecule has 5 nitrogen and oxygen atoms in total. The molecular formula is C16H22N4O. The van der Waals surface area contributed by atoms with Crippen LogP contribution in [0, 0.1) is 6.92 Å². The van der Waals surface area contributed by atoms with Crippen LogP contribution in [0.2, 0.25) is 0 Å². The van der Waals surface area contributed by atoms with Crippen LogP contribution >= 0.6 is 0 Å². The van der Waals surface area contributed by atoms with Crippen LogP contribution in [0.5, 0.6) is 0 Å². The first-order valence-electron chi connectivity index (χ1n) is 6.96. The largest absolute Gasteiger partial charge is 0.399 e. The molecule has 0 aliphatic heterocycles. The van der Waals surface area contributed by atoms with Gasteiger partial charge < -0.3 is 16.4 Å². The number of nitrogens with one attached hydrogen (secondary N) is 2. The normalized spacial score (nSPS) is 11.4. The van der Waals surface area contributed by atoms with Crippen molar-refractivity contribution >= 4 is 28.2 Å². The predicted molar refractivity (Wildman–Crippen MR) is 87.3 cm³/mol. The minimum atomic E-state index is -0.237. The number of carbonyl (C=O) groups excluding carboxylic acids is 1. The first-order chi connectivity index (χ1) is 9.74. The number of fused-ring (bicyclic) bond motifs is 1. The summed E-state index contributed by atoms with van der Waals surface area (Å²) in [4.78, 5) is 16.4. The summed E-state index contributed by atoms with van der Waals surface area (Å²) < 4.78 is 0. The molecule has 1 amide bonds. The number of nitrogens with two attached hydrogens (primary N) is 1. The number of rotatable bonds is 3. The van der Waals surface area contributed by atoms with E-state index in [1.165, 1.54) is 0 Å². The first-order valence-corrected chi connectivity index (χ1v) is 6.96. The van der Waals surface area contributed by atoms with E-state index in [9.17, 15) is 4.79 Å². The van der Waals surface area contributed by atoms with Crippen molar-refractivity contribution in [3.05, 3.63) is 30.0 Å². The Morgan fingerprint density at radius 2 is 2.00 bits per heavy atom. The smallest absolute Gasteiger partial charge is 0.239 e. The van der Waals surface area contributed by atoms with Gasteiger partial charge in [-0.25, -0.2) is 0 Å². The number of aryl methyl sites for hydroxylation is 1. The van der Waals surface area contributed by atoms with Crippen LogP contribution in [0.25, 0.3) is 10.9 Å². The Morgan fingerprint density at radius 3 is 2.67 bits per heavy atom. The lowest BCUT2D eigenvalue weighted by Crippen LogP contribution is -2.43. The average molecular weight is 286 g/mol. The van der Waals surface area contributed by atoms with Crippen molar-refractivity contribution in [2.45, 2.75) is 33.2 Å². The Kier molecular flexibility index (Phi) is 4.02. The van der Waals surface area contributed by atoms with Crippen molar-refractivity contribution in [2.75, 3.05) is 17.6 Å². The Balaban J connectivity index is 2.22. The van der Waals surface area contributed by atoms with Crippen molar-refractivity contribution in [1.82, 2.24) is 10.3 Å². The monoisotopic (exact) mass is 286 g/mol. The van der Waals surface area contributed by atoms with Gasteiger partial charge in [-0.1, -0.05) is 0 Å². The van der Waals surface area contributed by atoms with E-state index in [1.807, 2.05) is 52.0 Å². The molecule has 5 heteroatoms. The zero-order valence-corrected chi connectivity index (χ0v) is 12.9. The Labute approximate surface area is 124 Å². The number of pyridine rings is 1. The predicted octanol–water partition coefficient (Wildman–Crippen LogP) is 2.45. The van der Waals surface area contributed by atoms with E-state index in [1.54, 1.807) is 0 Å². The van der Waals surface area contributed by atoms with Gasteiger partial charge in [0.05, 0.1) is 12.1 Å². The van der Waals surface area contributed by atoms with Gasteiger partial charge in [-0.3, -0.25) is 9.78 Å². The molecule has 2 rings (SSSR count). The molecular weight excluding hydrogens is 264 g/mol. The van der Waals surface area contributed by atoms with E-state index in [0.717, 1.165) is 22.3 Å². The Hall–Kier alpha value is -2.30. The first kappa shape index (κ1) is 15.1. The molecule has 0 saturated heterocycles. The van der Waals surface area contributed by atoms with Gasteiger partial charge in [-0.2, -0.15) is 0 Å². The fraction of sp³-hybridized carbons (Fsp3) is 0.375. The molecule has 1 heterocycles. The fourth-order valence-corrected chi connectivity index (χ4v) is 2.16. The minimum Gasteiger partial charge on any atom is -0.399 e. The zero-order chi connectivity index (χ0) is 15.6. The number of aromatic nitrogens is 1. The van der Waals surface area contributed by atoms with Crippen LogP contribution in [-0.4, -0.2) is 23.0 Å². The maximum Gasteiger partial charge on any atom is 0.239 e. The van der Waals surface area contributed by atoms with Crippen LogP contribution in [0.1, 0.15) is 26.5 Å². The van der Waals surface area contributed by atoms with Crippen LogP contribution in [0.3, 0.4) is 0 Å². The molecule has 1 aromatic carbocycles. The highest BCUT2D eigenvalue weighted by atomic mass is 16.2. The fourth-order valence-electron chi connectivity index (χ4n) is 2.16. The van der Waals surface area contributed by atoms with E-state index in [0.29, 0.717) is 5.69 Å². The molecule has 0 radical (unpaired) electrons. The van der Waals surface area contributed by atoms with Crippen LogP contribution in [-0.2, 0) is 4.79 Å². The van der Waals surface area contributed by atoms with E-state index >= 15 is 0 Å². The van der Waals surface area contributed by atoms with Gasteiger partial charge in [-0.05, 0) is 52.0 Å². The summed E-state index contributed by atoms with van der Waals surface area (Å²) >= 11 is 0. The van der Waals surface area contributed by atoms with Crippen LogP contribution in [0.15, 0.2) is 24.3 Å². The number of benzene rings is 1. The number of anilines is 2. The summed E-state index contributed by atoms with van der Waals surface area (Å²) in [5, 5.41) is 7.01. The molecule has 0 atom stereocenters. The number of hydrogen-bond acceptors (Lipinski definition) is 4. The third-order valence-corrected chi connectivity index (χ3v) is 2.91. The number of hydrogen-bond donors (Lipinski definition) is 3. The third-order valence-electron chi connectivity index (χ3n) is 2.91. The van der Waals surface area contributed by atoms with E-state index in [4.69, 9.17) is 5.73 Å². The Morgan fingerprint density at radius 1 is 1.29 bits per heavy atom. The number of nitrogens with zero attached hydrogens (tertiary/aromatic N) is 1. The van der Waals surface area contributed by atoms with Crippen molar-refractivity contribution in [3.63, 3.8) is 0 Å². The molecule has 21 heavy (non-hydrogen) atoms. The minimum absolute atomic E-state index is 0.0472.